The number of carbonyl (C=O) groups excluding carboxylic acids is 2. The number of benzene rings is 2. The van der Waals surface area contributed by atoms with Crippen molar-refractivity contribution in [2.24, 2.45) is 0 Å². The molecule has 0 saturated heterocycles. The fraction of sp³-hybridized carbons (Fsp3) is 0.300. The Hall–Kier alpha value is -2.62. The number of rotatable bonds is 4. The molecule has 0 unspecified atom stereocenters. The molecule has 0 atom stereocenters. The lowest BCUT2D eigenvalue weighted by Crippen LogP contribution is -2.30. The zero-order valence-electron chi connectivity index (χ0n) is 15.0. The average molecular weight is 324 g/mol. The summed E-state index contributed by atoms with van der Waals surface area (Å²) < 4.78 is 0. The van der Waals surface area contributed by atoms with Crippen LogP contribution in [0.15, 0.2) is 42.5 Å². The minimum absolute atomic E-state index is 0.0308. The van der Waals surface area contributed by atoms with Crippen LogP contribution in [0.4, 0.5) is 11.4 Å². The number of hydrogen-bond acceptors (Lipinski definition) is 2. The average Bonchev–Trinajstić information content (AvgIpc) is 2.52. The van der Waals surface area contributed by atoms with E-state index < -0.39 is 0 Å². The number of aryl methyl sites for hydroxylation is 2. The first-order valence-electron chi connectivity index (χ1n) is 7.98. The van der Waals surface area contributed by atoms with Crippen molar-refractivity contribution in [1.29, 1.82) is 0 Å². The Morgan fingerprint density at radius 1 is 0.875 bits per heavy atom. The minimum Gasteiger partial charge on any atom is -0.315 e. The highest BCUT2D eigenvalue weighted by Crippen LogP contribution is 2.26. The van der Waals surface area contributed by atoms with Crippen molar-refractivity contribution in [2.45, 2.75) is 34.2 Å². The Bertz CT molecular complexity index is 751. The molecule has 2 aromatic carbocycles. The molecule has 2 amide bonds. The third kappa shape index (κ3) is 4.02. The molecule has 0 radical (unpaired) electrons. The van der Waals surface area contributed by atoms with Crippen LogP contribution in [0, 0.1) is 13.8 Å². The first kappa shape index (κ1) is 17.7. The van der Waals surface area contributed by atoms with E-state index in [4.69, 9.17) is 0 Å². The fourth-order valence-electron chi connectivity index (χ4n) is 2.62. The number of anilines is 2. The van der Waals surface area contributed by atoms with E-state index in [1.165, 1.54) is 6.92 Å². The monoisotopic (exact) mass is 324 g/mol. The van der Waals surface area contributed by atoms with Gasteiger partial charge in [-0.3, -0.25) is 9.59 Å². The van der Waals surface area contributed by atoms with Gasteiger partial charge in [-0.2, -0.15) is 0 Å². The molecule has 4 heteroatoms. The Balaban J connectivity index is 2.42. The number of hydrogen-bond donors (Lipinski definition) is 0. The van der Waals surface area contributed by atoms with Gasteiger partial charge < -0.3 is 9.80 Å². The zero-order chi connectivity index (χ0) is 17.9. The molecule has 0 saturated carbocycles. The molecule has 126 valence electrons. The van der Waals surface area contributed by atoms with Gasteiger partial charge in [0.2, 0.25) is 11.8 Å². The van der Waals surface area contributed by atoms with Gasteiger partial charge in [0, 0.05) is 32.3 Å². The van der Waals surface area contributed by atoms with Crippen LogP contribution in [0.3, 0.4) is 0 Å². The van der Waals surface area contributed by atoms with Crippen LogP contribution in [0.2, 0.25) is 0 Å². The van der Waals surface area contributed by atoms with Gasteiger partial charge in [-0.05, 0) is 37.6 Å². The summed E-state index contributed by atoms with van der Waals surface area (Å²) in [6.45, 7) is 7.54. The number of amides is 2. The molecule has 0 aliphatic rings. The summed E-state index contributed by atoms with van der Waals surface area (Å²) >= 11 is 0. The quantitative estimate of drug-likeness (QED) is 0.857. The SMILES string of the molecule is CC(=O)N(C)c1ccc(C)cc1CN(C(C)=O)c1ccc(C)cc1. The van der Waals surface area contributed by atoms with E-state index in [0.717, 1.165) is 28.1 Å². The molecule has 0 aromatic heterocycles. The van der Waals surface area contributed by atoms with E-state index in [1.54, 1.807) is 23.8 Å². The molecule has 2 aromatic rings. The summed E-state index contributed by atoms with van der Waals surface area (Å²) in [5.74, 6) is -0.0680. The van der Waals surface area contributed by atoms with Crippen molar-refractivity contribution in [3.8, 4) is 0 Å². The van der Waals surface area contributed by atoms with Gasteiger partial charge in [-0.15, -0.1) is 0 Å². The molecule has 24 heavy (non-hydrogen) atoms. The minimum atomic E-state index is -0.0372. The molecule has 0 aliphatic carbocycles. The molecular weight excluding hydrogens is 300 g/mol. The van der Waals surface area contributed by atoms with E-state index in [1.807, 2.05) is 56.3 Å². The summed E-state index contributed by atoms with van der Waals surface area (Å²) in [6, 6.07) is 13.8. The second-order valence-corrected chi connectivity index (χ2v) is 6.15. The first-order valence-corrected chi connectivity index (χ1v) is 7.98. The van der Waals surface area contributed by atoms with Gasteiger partial charge in [-0.1, -0.05) is 35.4 Å². The van der Waals surface area contributed by atoms with E-state index in [-0.39, 0.29) is 11.8 Å². The van der Waals surface area contributed by atoms with Crippen LogP contribution in [-0.2, 0) is 16.1 Å². The van der Waals surface area contributed by atoms with Crippen LogP contribution in [0.1, 0.15) is 30.5 Å². The van der Waals surface area contributed by atoms with E-state index in [9.17, 15) is 9.59 Å². The van der Waals surface area contributed by atoms with E-state index in [0.29, 0.717) is 6.54 Å². The molecule has 0 bridgehead atoms. The van der Waals surface area contributed by atoms with Gasteiger partial charge in [0.1, 0.15) is 0 Å². The molecule has 0 spiro atoms. The maximum Gasteiger partial charge on any atom is 0.224 e. The van der Waals surface area contributed by atoms with E-state index in [2.05, 4.69) is 0 Å². The molecular formula is C20H24N2O2. The second kappa shape index (κ2) is 7.30. The Morgan fingerprint density at radius 2 is 1.46 bits per heavy atom. The Kier molecular flexibility index (Phi) is 5.39. The van der Waals surface area contributed by atoms with Crippen molar-refractivity contribution in [3.63, 3.8) is 0 Å². The zero-order valence-corrected chi connectivity index (χ0v) is 15.0. The second-order valence-electron chi connectivity index (χ2n) is 6.15. The topological polar surface area (TPSA) is 40.6 Å². The first-order chi connectivity index (χ1) is 11.3. The largest absolute Gasteiger partial charge is 0.315 e. The third-order valence-corrected chi connectivity index (χ3v) is 4.12. The normalized spacial score (nSPS) is 10.4. The lowest BCUT2D eigenvalue weighted by Gasteiger charge is -2.26. The Labute approximate surface area is 143 Å². The number of nitrogens with zero attached hydrogens (tertiary/aromatic N) is 2. The molecule has 0 heterocycles. The van der Waals surface area contributed by atoms with Gasteiger partial charge in [0.25, 0.3) is 0 Å². The standard InChI is InChI=1S/C20H24N2O2/c1-14-6-9-19(10-7-14)22(17(4)24)13-18-12-15(2)8-11-20(18)21(5)16(3)23/h6-12H,13H2,1-5H3. The molecule has 0 fully saturated rings. The van der Waals surface area contributed by atoms with Crippen molar-refractivity contribution < 1.29 is 9.59 Å². The van der Waals surface area contributed by atoms with Crippen molar-refractivity contribution in [1.82, 2.24) is 0 Å². The van der Waals surface area contributed by atoms with Crippen LogP contribution in [-0.4, -0.2) is 18.9 Å². The van der Waals surface area contributed by atoms with Crippen molar-refractivity contribution in [2.75, 3.05) is 16.8 Å². The number of carbonyl (C=O) groups is 2. The van der Waals surface area contributed by atoms with Crippen molar-refractivity contribution in [3.05, 3.63) is 59.2 Å². The lowest BCUT2D eigenvalue weighted by molar-refractivity contribution is -0.117. The summed E-state index contributed by atoms with van der Waals surface area (Å²) in [5, 5.41) is 0. The summed E-state index contributed by atoms with van der Waals surface area (Å²) in [6.07, 6.45) is 0. The Morgan fingerprint density at radius 3 is 2.00 bits per heavy atom. The maximum absolute atomic E-state index is 12.2. The smallest absolute Gasteiger partial charge is 0.224 e. The molecule has 0 N–H and O–H groups in total. The lowest BCUT2D eigenvalue weighted by atomic mass is 10.1. The van der Waals surface area contributed by atoms with Gasteiger partial charge in [0.15, 0.2) is 0 Å². The molecule has 2 rings (SSSR count). The van der Waals surface area contributed by atoms with Crippen molar-refractivity contribution >= 4 is 23.2 Å². The van der Waals surface area contributed by atoms with Gasteiger partial charge in [-0.25, -0.2) is 0 Å². The predicted molar refractivity (Wildman–Crippen MR) is 98.3 cm³/mol. The van der Waals surface area contributed by atoms with Crippen LogP contribution >= 0.6 is 0 Å². The van der Waals surface area contributed by atoms with E-state index >= 15 is 0 Å². The third-order valence-electron chi connectivity index (χ3n) is 4.12. The highest BCUT2D eigenvalue weighted by Gasteiger charge is 2.17. The summed E-state index contributed by atoms with van der Waals surface area (Å²) in [4.78, 5) is 27.3. The predicted octanol–water partition coefficient (Wildman–Crippen LogP) is 3.84. The molecule has 0 aliphatic heterocycles. The van der Waals surface area contributed by atoms with Crippen LogP contribution in [0.25, 0.3) is 0 Å². The molecule has 4 nitrogen and oxygen atoms in total. The summed E-state index contributed by atoms with van der Waals surface area (Å²) in [5.41, 5.74) is 4.87. The van der Waals surface area contributed by atoms with Crippen LogP contribution in [0.5, 0.6) is 0 Å². The highest BCUT2D eigenvalue weighted by atomic mass is 16.2. The van der Waals surface area contributed by atoms with Gasteiger partial charge in [0.05, 0.1) is 6.54 Å². The maximum atomic E-state index is 12.2. The fourth-order valence-corrected chi connectivity index (χ4v) is 2.62. The van der Waals surface area contributed by atoms with Crippen LogP contribution < -0.4 is 9.80 Å². The summed E-state index contributed by atoms with van der Waals surface area (Å²) in [7, 11) is 1.75. The van der Waals surface area contributed by atoms with Gasteiger partial charge >= 0.3 is 0 Å². The highest BCUT2D eigenvalue weighted by molar-refractivity contribution is 5.94.